The number of halogens is 8. The van der Waals surface area contributed by atoms with E-state index in [9.17, 15) is 26.3 Å². The molecule has 6 heterocycles. The van der Waals surface area contributed by atoms with Gasteiger partial charge >= 0.3 is 12.4 Å². The minimum absolute atomic E-state index is 0.0904. The zero-order valence-electron chi connectivity index (χ0n) is 34.2. The third kappa shape index (κ3) is 7.47. The molecule has 0 spiro atoms. The van der Waals surface area contributed by atoms with Crippen LogP contribution in [-0.2, 0) is 17.1 Å². The maximum atomic E-state index is 16.1. The second kappa shape index (κ2) is 16.2. The molecule has 0 bridgehead atoms. The number of hydrogen-bond acceptors (Lipinski definition) is 9. The molecule has 4 aromatic heterocycles. The van der Waals surface area contributed by atoms with Gasteiger partial charge in [-0.2, -0.15) is 26.3 Å². The van der Waals surface area contributed by atoms with Crippen LogP contribution in [-0.4, -0.2) is 86.7 Å². The average Bonchev–Trinajstić information content (AvgIpc) is 4.00. The van der Waals surface area contributed by atoms with Crippen molar-refractivity contribution in [3.8, 4) is 0 Å². The first kappa shape index (κ1) is 43.0. The molecule has 0 radical (unpaired) electrons. The molecule has 2 saturated heterocycles. The van der Waals surface area contributed by atoms with Crippen molar-refractivity contribution in [2.24, 2.45) is 0 Å². The van der Waals surface area contributed by atoms with E-state index in [0.717, 1.165) is 65.3 Å². The lowest BCUT2D eigenvalue weighted by molar-refractivity contribution is -0.138. The van der Waals surface area contributed by atoms with Crippen LogP contribution in [0.25, 0.3) is 32.0 Å². The summed E-state index contributed by atoms with van der Waals surface area (Å²) >= 11 is 14.9. The van der Waals surface area contributed by atoms with Gasteiger partial charge in [-0.3, -0.25) is 23.4 Å². The molecule has 0 aliphatic carbocycles. The van der Waals surface area contributed by atoms with Gasteiger partial charge in [0.2, 0.25) is 0 Å². The summed E-state index contributed by atoms with van der Waals surface area (Å²) in [5, 5.41) is -0.747. The van der Waals surface area contributed by atoms with E-state index in [4.69, 9.17) is 33.2 Å². The Hall–Kier alpha value is -4.91. The molecule has 0 saturated carbocycles. The summed E-state index contributed by atoms with van der Waals surface area (Å²) in [5.74, 6) is -0.0904. The number of rotatable bonds is 8. The number of carbonyl (C=O) groups excluding carboxylic acids is 1. The van der Waals surface area contributed by atoms with Crippen LogP contribution in [0.2, 0.25) is 10.0 Å². The number of piperazine rings is 2. The van der Waals surface area contributed by atoms with Gasteiger partial charge in [0.05, 0.1) is 53.0 Å². The zero-order valence-corrected chi connectivity index (χ0v) is 37.4. The van der Waals surface area contributed by atoms with Crippen molar-refractivity contribution < 1.29 is 31.1 Å². The summed E-state index contributed by atoms with van der Waals surface area (Å²) in [6.45, 7) is 6.78. The number of ketones is 1. The fourth-order valence-corrected chi connectivity index (χ4v) is 12.3. The molecule has 9 nitrogen and oxygen atoms in total. The van der Waals surface area contributed by atoms with Crippen molar-refractivity contribution in [1.29, 1.82) is 0 Å². The summed E-state index contributed by atoms with van der Waals surface area (Å²) in [7, 11) is 0. The molecule has 4 aromatic carbocycles. The highest BCUT2D eigenvalue weighted by molar-refractivity contribution is 7.18. The number of hydrogen-bond donors (Lipinski definition) is 0. The Morgan fingerprint density at radius 3 is 1.33 bits per heavy atom. The standard InChI is InChI=1S/C45H38Cl2F6N8OS2/c1-25-40(63-42-54-33-7-3-5-9-35(33)60(25)42)37(58-19-15-56(16-20-58)27-11-13-31(46)29(23-27)44(48,49)50)39(62)38(41-26(2)61-36-10-6-4-8-34(36)55-43(61)64-41)59-21-17-57(18-22-59)28-12-14-32(47)30(24-28)45(51,52)53/h3-14,23-24,37-38H,15-22H2,1-2H3. The molecular weight excluding hydrogens is 918 g/mol. The Labute approximate surface area is 380 Å². The second-order valence-corrected chi connectivity index (χ2v) is 19.0. The molecule has 332 valence electrons. The molecule has 64 heavy (non-hydrogen) atoms. The molecule has 2 aliphatic heterocycles. The fraction of sp³-hybridized carbons (Fsp3) is 0.311. The number of para-hydroxylation sites is 4. The number of Topliss-reactive ketones (excluding diaryl/α,β-unsaturated/α-hetero) is 1. The fourth-order valence-electron chi connectivity index (χ4n) is 9.30. The summed E-state index contributed by atoms with van der Waals surface area (Å²) in [4.78, 5) is 37.1. The minimum Gasteiger partial charge on any atom is -0.369 e. The number of benzene rings is 4. The van der Waals surface area contributed by atoms with Gasteiger partial charge in [-0.05, 0) is 74.5 Å². The first-order chi connectivity index (χ1) is 30.6. The van der Waals surface area contributed by atoms with E-state index >= 15 is 4.79 Å². The number of nitrogens with zero attached hydrogens (tertiary/aromatic N) is 8. The van der Waals surface area contributed by atoms with Gasteiger partial charge in [-0.25, -0.2) is 9.97 Å². The number of aromatic nitrogens is 4. The zero-order chi connectivity index (χ0) is 44.8. The highest BCUT2D eigenvalue weighted by Crippen LogP contribution is 2.44. The molecule has 2 atom stereocenters. The van der Waals surface area contributed by atoms with Crippen molar-refractivity contribution in [3.63, 3.8) is 0 Å². The Bertz CT molecular complexity index is 2880. The quantitative estimate of drug-likeness (QED) is 0.141. The van der Waals surface area contributed by atoms with Crippen LogP contribution in [0.1, 0.15) is 44.4 Å². The Balaban J connectivity index is 1.05. The third-order valence-electron chi connectivity index (χ3n) is 12.5. The van der Waals surface area contributed by atoms with Crippen molar-refractivity contribution in [1.82, 2.24) is 28.6 Å². The smallest absolute Gasteiger partial charge is 0.369 e. The number of aryl methyl sites for hydroxylation is 2. The maximum Gasteiger partial charge on any atom is 0.417 e. The number of carbonyl (C=O) groups is 1. The van der Waals surface area contributed by atoms with Gasteiger partial charge in [0.1, 0.15) is 12.1 Å². The molecule has 10 rings (SSSR count). The third-order valence-corrected chi connectivity index (χ3v) is 15.5. The lowest BCUT2D eigenvalue weighted by atomic mass is 9.96. The molecule has 8 aromatic rings. The van der Waals surface area contributed by atoms with Crippen LogP contribution in [0.4, 0.5) is 37.7 Å². The normalized spacial score (nSPS) is 17.1. The van der Waals surface area contributed by atoms with E-state index in [0.29, 0.717) is 63.7 Å². The predicted octanol–water partition coefficient (Wildman–Crippen LogP) is 11.4. The lowest BCUT2D eigenvalue weighted by Crippen LogP contribution is -2.53. The first-order valence-electron chi connectivity index (χ1n) is 20.5. The second-order valence-electron chi connectivity index (χ2n) is 16.1. The Morgan fingerprint density at radius 1 is 0.578 bits per heavy atom. The molecule has 0 amide bonds. The van der Waals surface area contributed by atoms with Gasteiger partial charge in [0, 0.05) is 75.1 Å². The van der Waals surface area contributed by atoms with Gasteiger partial charge < -0.3 is 9.80 Å². The lowest BCUT2D eigenvalue weighted by Gasteiger charge is -2.43. The highest BCUT2D eigenvalue weighted by Gasteiger charge is 2.43. The number of anilines is 2. The van der Waals surface area contributed by atoms with Crippen LogP contribution >= 0.6 is 45.9 Å². The molecule has 0 N–H and O–H groups in total. The predicted molar refractivity (Wildman–Crippen MR) is 242 cm³/mol. The SMILES string of the molecule is Cc1c(C(C(=O)C(c2sc3nc4ccccc4n3c2C)N2CCN(c3ccc(Cl)c(C(F)(F)F)c3)CC2)N2CCN(c3ccc(Cl)c(C(F)(F)F)c3)CC2)sc2nc3ccccc3n12. The molecule has 19 heteroatoms. The largest absolute Gasteiger partial charge is 0.417 e. The van der Waals surface area contributed by atoms with E-state index in [1.54, 1.807) is 12.1 Å². The molecular formula is C45H38Cl2F6N8OS2. The summed E-state index contributed by atoms with van der Waals surface area (Å²) in [6.07, 6.45) is -9.25. The Morgan fingerprint density at radius 2 is 0.953 bits per heavy atom. The van der Waals surface area contributed by atoms with E-state index in [1.165, 1.54) is 34.8 Å². The van der Waals surface area contributed by atoms with E-state index in [2.05, 4.69) is 18.6 Å². The minimum atomic E-state index is -4.63. The first-order valence-corrected chi connectivity index (χ1v) is 22.9. The van der Waals surface area contributed by atoms with Gasteiger partial charge in [-0.15, -0.1) is 0 Å². The highest BCUT2D eigenvalue weighted by atomic mass is 35.5. The summed E-state index contributed by atoms with van der Waals surface area (Å²) in [6, 6.07) is 21.9. The van der Waals surface area contributed by atoms with Gasteiger partial charge in [-0.1, -0.05) is 70.1 Å². The van der Waals surface area contributed by atoms with Crippen LogP contribution in [0, 0.1) is 13.8 Å². The molecule has 2 fully saturated rings. The van der Waals surface area contributed by atoms with Crippen LogP contribution in [0.3, 0.4) is 0 Å². The average molecular weight is 956 g/mol. The van der Waals surface area contributed by atoms with E-state index in [-0.39, 0.29) is 15.8 Å². The van der Waals surface area contributed by atoms with E-state index < -0.39 is 35.6 Å². The summed E-state index contributed by atoms with van der Waals surface area (Å²) in [5.41, 5.74) is 4.14. The van der Waals surface area contributed by atoms with Gasteiger partial charge in [0.15, 0.2) is 15.7 Å². The summed E-state index contributed by atoms with van der Waals surface area (Å²) < 4.78 is 87.7. The number of imidazole rings is 2. The van der Waals surface area contributed by atoms with Crippen LogP contribution in [0.15, 0.2) is 84.9 Å². The van der Waals surface area contributed by atoms with E-state index in [1.807, 2.05) is 72.2 Å². The number of thiazole rings is 2. The topological polar surface area (TPSA) is 64.6 Å². The maximum absolute atomic E-state index is 16.1. The number of alkyl halides is 6. The van der Waals surface area contributed by atoms with Crippen molar-refractivity contribution in [3.05, 3.63) is 127 Å². The van der Waals surface area contributed by atoms with Crippen LogP contribution < -0.4 is 9.80 Å². The Kier molecular flexibility index (Phi) is 10.9. The number of fused-ring (bicyclic) bond motifs is 6. The van der Waals surface area contributed by atoms with Crippen molar-refractivity contribution in [2.45, 2.75) is 38.3 Å². The monoisotopic (exact) mass is 954 g/mol. The molecule has 2 aliphatic rings. The van der Waals surface area contributed by atoms with Crippen molar-refractivity contribution in [2.75, 3.05) is 62.2 Å². The van der Waals surface area contributed by atoms with Gasteiger partial charge in [0.25, 0.3) is 0 Å². The van der Waals surface area contributed by atoms with Crippen LogP contribution in [0.5, 0.6) is 0 Å². The van der Waals surface area contributed by atoms with Crippen molar-refractivity contribution >= 4 is 95.0 Å². The molecule has 2 unspecified atom stereocenters.